The summed E-state index contributed by atoms with van der Waals surface area (Å²) in [4.78, 5) is 42.9. The van der Waals surface area contributed by atoms with Crippen molar-refractivity contribution in [3.05, 3.63) is 100 Å². The number of fused-ring (bicyclic) bond motifs is 1. The summed E-state index contributed by atoms with van der Waals surface area (Å²) >= 11 is 7.96. The number of amides is 2. The lowest BCUT2D eigenvalue weighted by molar-refractivity contribution is -0.135. The summed E-state index contributed by atoms with van der Waals surface area (Å²) in [5.41, 5.74) is 3.49. The molecule has 0 spiro atoms. The number of nitrogens with one attached hydrogen (secondary N) is 1. The van der Waals surface area contributed by atoms with Crippen molar-refractivity contribution in [2.45, 2.75) is 12.5 Å². The minimum Gasteiger partial charge on any atom is -0.478 e. The molecule has 1 saturated heterocycles. The number of thioether (sulfide) groups is 1. The van der Waals surface area contributed by atoms with E-state index in [1.165, 1.54) is 64.5 Å². The number of rotatable bonds is 7. The molecule has 45 heavy (non-hydrogen) atoms. The van der Waals surface area contributed by atoms with Crippen LogP contribution in [-0.2, 0) is 16.0 Å². The molecular weight excluding hydrogens is 621 g/mol. The topological polar surface area (TPSA) is 134 Å². The Morgan fingerprint density at radius 1 is 1.02 bits per heavy atom. The van der Waals surface area contributed by atoms with Gasteiger partial charge in [-0.25, -0.2) is 9.18 Å². The standard InChI is InChI=1S/C31H27ClFN7O4S/c32-24-9-10-26(40-18-34-36-37-40)23(28(24)33)8-11-27(41)39-13-12-21-22(2-1-3-25(21)38-14-16-45-17-15-38)29(39)30(42)35-20-6-4-19(5-7-20)31(43)44/h1-11,18,29H,12-17H2,(H,35,42)(H,43,44)/b11-8+/t29-/m0/s1. The molecule has 0 aliphatic carbocycles. The molecule has 4 aromatic rings. The Morgan fingerprint density at radius 2 is 1.80 bits per heavy atom. The molecule has 0 saturated carbocycles. The highest BCUT2D eigenvalue weighted by Crippen LogP contribution is 2.37. The monoisotopic (exact) mass is 647 g/mol. The van der Waals surface area contributed by atoms with Gasteiger partial charge in [0.15, 0.2) is 5.82 Å². The zero-order valence-corrected chi connectivity index (χ0v) is 25.3. The molecule has 0 bridgehead atoms. The van der Waals surface area contributed by atoms with Crippen LogP contribution in [0.1, 0.15) is 33.1 Å². The second-order valence-corrected chi connectivity index (χ2v) is 12.0. The maximum absolute atomic E-state index is 15.2. The molecule has 1 fully saturated rings. The minimum absolute atomic E-state index is 0.00494. The summed E-state index contributed by atoms with van der Waals surface area (Å²) in [6.45, 7) is 2.01. The molecule has 2 aliphatic rings. The number of hydrogen-bond acceptors (Lipinski definition) is 8. The van der Waals surface area contributed by atoms with Crippen molar-refractivity contribution in [1.82, 2.24) is 25.1 Å². The van der Waals surface area contributed by atoms with Gasteiger partial charge in [-0.3, -0.25) is 9.59 Å². The Labute approximate surface area is 266 Å². The van der Waals surface area contributed by atoms with Crippen LogP contribution in [-0.4, -0.2) is 79.1 Å². The predicted octanol–water partition coefficient (Wildman–Crippen LogP) is 4.48. The second kappa shape index (κ2) is 13.1. The van der Waals surface area contributed by atoms with E-state index < -0.39 is 29.6 Å². The first-order valence-corrected chi connectivity index (χ1v) is 15.6. The van der Waals surface area contributed by atoms with Gasteiger partial charge in [0.1, 0.15) is 12.4 Å². The third-order valence-corrected chi connectivity index (χ3v) is 9.01. The van der Waals surface area contributed by atoms with Crippen LogP contribution in [0.2, 0.25) is 5.02 Å². The van der Waals surface area contributed by atoms with Gasteiger partial charge in [-0.15, -0.1) is 5.10 Å². The molecule has 2 amide bonds. The number of hydrogen-bond donors (Lipinski definition) is 2. The predicted molar refractivity (Wildman–Crippen MR) is 169 cm³/mol. The van der Waals surface area contributed by atoms with Crippen LogP contribution in [0.15, 0.2) is 67.0 Å². The van der Waals surface area contributed by atoms with Gasteiger partial charge in [0.25, 0.3) is 5.91 Å². The van der Waals surface area contributed by atoms with Gasteiger partial charge < -0.3 is 20.2 Å². The van der Waals surface area contributed by atoms with Crippen molar-refractivity contribution in [2.24, 2.45) is 0 Å². The van der Waals surface area contributed by atoms with E-state index >= 15 is 4.39 Å². The van der Waals surface area contributed by atoms with Gasteiger partial charge in [0, 0.05) is 54.2 Å². The molecule has 230 valence electrons. The Balaban J connectivity index is 1.35. The zero-order valence-electron chi connectivity index (χ0n) is 23.8. The Kier molecular flexibility index (Phi) is 8.80. The van der Waals surface area contributed by atoms with Crippen LogP contribution in [0.25, 0.3) is 11.8 Å². The molecule has 3 aromatic carbocycles. The van der Waals surface area contributed by atoms with Gasteiger partial charge in [0.05, 0.1) is 16.3 Å². The van der Waals surface area contributed by atoms with E-state index in [0.29, 0.717) is 17.7 Å². The first-order valence-electron chi connectivity index (χ1n) is 14.1. The van der Waals surface area contributed by atoms with Crippen molar-refractivity contribution < 1.29 is 23.9 Å². The lowest BCUT2D eigenvalue weighted by Crippen LogP contribution is -2.45. The largest absolute Gasteiger partial charge is 0.478 e. The number of aromatic carboxylic acids is 1. The van der Waals surface area contributed by atoms with E-state index in [1.54, 1.807) is 0 Å². The molecule has 1 atom stereocenters. The number of halogens is 2. The van der Waals surface area contributed by atoms with Crippen LogP contribution in [0, 0.1) is 5.82 Å². The maximum atomic E-state index is 15.2. The zero-order chi connectivity index (χ0) is 31.5. The summed E-state index contributed by atoms with van der Waals surface area (Å²) in [7, 11) is 0. The molecule has 0 unspecified atom stereocenters. The first kappa shape index (κ1) is 30.3. The highest BCUT2D eigenvalue weighted by atomic mass is 35.5. The van der Waals surface area contributed by atoms with Crippen molar-refractivity contribution in [1.29, 1.82) is 0 Å². The molecule has 1 aromatic heterocycles. The van der Waals surface area contributed by atoms with Crippen LogP contribution in [0.4, 0.5) is 15.8 Å². The van der Waals surface area contributed by atoms with E-state index in [1.807, 2.05) is 30.0 Å². The number of benzene rings is 3. The number of carboxylic acid groups (broad SMARTS) is 1. The minimum atomic E-state index is -1.08. The summed E-state index contributed by atoms with van der Waals surface area (Å²) < 4.78 is 16.5. The van der Waals surface area contributed by atoms with E-state index in [9.17, 15) is 19.5 Å². The normalized spacial score (nSPS) is 16.4. The van der Waals surface area contributed by atoms with Gasteiger partial charge in [-0.05, 0) is 76.5 Å². The van der Waals surface area contributed by atoms with Crippen LogP contribution < -0.4 is 10.2 Å². The number of carbonyl (C=O) groups excluding carboxylic acids is 2. The van der Waals surface area contributed by atoms with Crippen molar-refractivity contribution >= 4 is 58.6 Å². The summed E-state index contributed by atoms with van der Waals surface area (Å²) in [6.07, 6.45) is 4.33. The second-order valence-electron chi connectivity index (χ2n) is 10.4. The van der Waals surface area contributed by atoms with E-state index in [0.717, 1.165) is 35.8 Å². The van der Waals surface area contributed by atoms with Gasteiger partial charge in [-0.1, -0.05) is 23.7 Å². The van der Waals surface area contributed by atoms with E-state index in [4.69, 9.17) is 11.6 Å². The third-order valence-electron chi connectivity index (χ3n) is 7.78. The lowest BCUT2D eigenvalue weighted by atomic mass is 9.89. The number of carboxylic acids is 1. The molecule has 6 rings (SSSR count). The van der Waals surface area contributed by atoms with E-state index in [2.05, 4.69) is 25.7 Å². The van der Waals surface area contributed by atoms with Crippen LogP contribution in [0.5, 0.6) is 0 Å². The number of tetrazole rings is 1. The molecule has 3 heterocycles. The molecule has 2 aliphatic heterocycles. The quantitative estimate of drug-likeness (QED) is 0.279. The Morgan fingerprint density at radius 3 is 2.51 bits per heavy atom. The molecule has 2 N–H and O–H groups in total. The molecule has 11 nitrogen and oxygen atoms in total. The number of nitrogens with zero attached hydrogens (tertiary/aromatic N) is 6. The Hall–Kier alpha value is -4.75. The summed E-state index contributed by atoms with van der Waals surface area (Å²) in [6, 6.07) is 13.5. The fourth-order valence-electron chi connectivity index (χ4n) is 5.61. The van der Waals surface area contributed by atoms with Gasteiger partial charge >= 0.3 is 5.97 Å². The molecule has 14 heteroatoms. The fourth-order valence-corrected chi connectivity index (χ4v) is 6.68. The molecule has 0 radical (unpaired) electrons. The summed E-state index contributed by atoms with van der Waals surface area (Å²) in [5.74, 6) is -0.801. The fraction of sp³-hybridized carbons (Fsp3) is 0.226. The van der Waals surface area contributed by atoms with E-state index in [-0.39, 0.29) is 28.4 Å². The van der Waals surface area contributed by atoms with Crippen molar-refractivity contribution in [3.8, 4) is 5.69 Å². The smallest absolute Gasteiger partial charge is 0.335 e. The highest BCUT2D eigenvalue weighted by molar-refractivity contribution is 7.99. The number of aromatic nitrogens is 4. The van der Waals surface area contributed by atoms with Gasteiger partial charge in [-0.2, -0.15) is 16.4 Å². The maximum Gasteiger partial charge on any atom is 0.335 e. The first-order chi connectivity index (χ1) is 21.8. The Bertz CT molecular complexity index is 1780. The lowest BCUT2D eigenvalue weighted by Gasteiger charge is -2.39. The van der Waals surface area contributed by atoms with Crippen LogP contribution >= 0.6 is 23.4 Å². The van der Waals surface area contributed by atoms with Crippen molar-refractivity contribution in [3.63, 3.8) is 0 Å². The summed E-state index contributed by atoms with van der Waals surface area (Å²) in [5, 5.41) is 23.0. The van der Waals surface area contributed by atoms with Crippen LogP contribution in [0.3, 0.4) is 0 Å². The molecular formula is C31H27ClFN7O4S. The van der Waals surface area contributed by atoms with Gasteiger partial charge in [0.2, 0.25) is 5.91 Å². The number of anilines is 2. The average Bonchev–Trinajstić information content (AvgIpc) is 3.60. The highest BCUT2D eigenvalue weighted by Gasteiger charge is 2.37. The van der Waals surface area contributed by atoms with Crippen molar-refractivity contribution in [2.75, 3.05) is 41.4 Å². The average molecular weight is 648 g/mol. The SMILES string of the molecule is O=C(O)c1ccc(NC(=O)[C@@H]2c3cccc(N4CCSCC4)c3CCN2C(=O)/C=C/c2c(-n3cnnn3)ccc(Cl)c2F)cc1. The third kappa shape index (κ3) is 6.26. The number of carbonyl (C=O) groups is 3.